The average molecular weight is 332 g/mol. The van der Waals surface area contributed by atoms with Gasteiger partial charge in [-0.2, -0.15) is 0 Å². The summed E-state index contributed by atoms with van der Waals surface area (Å²) in [5.74, 6) is -1.69. The van der Waals surface area contributed by atoms with E-state index in [-0.39, 0.29) is 11.4 Å². The number of rotatable bonds is 3. The molecule has 0 aliphatic heterocycles. The molecule has 3 aromatic rings. The molecule has 2 N–H and O–H groups in total. The normalized spacial score (nSPS) is 10.1. The first-order valence-corrected chi connectivity index (χ1v) is 7.70. The number of amides is 2. The predicted molar refractivity (Wildman–Crippen MR) is 96.8 cm³/mol. The zero-order valence-corrected chi connectivity index (χ0v) is 13.3. The Morgan fingerprint density at radius 3 is 1.72 bits per heavy atom. The third-order valence-electron chi connectivity index (χ3n) is 3.58. The van der Waals surface area contributed by atoms with Crippen LogP contribution in [0.25, 0.3) is 0 Å². The third kappa shape index (κ3) is 3.67. The lowest BCUT2D eigenvalue weighted by atomic mass is 10.2. The minimum atomic E-state index is -0.839. The lowest BCUT2D eigenvalue weighted by Crippen LogP contribution is -2.36. The molecule has 0 saturated heterocycles. The Kier molecular flexibility index (Phi) is 4.76. The van der Waals surface area contributed by atoms with Crippen molar-refractivity contribution in [3.8, 4) is 5.75 Å². The topological polar surface area (TPSA) is 69.6 Å². The summed E-state index contributed by atoms with van der Waals surface area (Å²) in [4.78, 5) is 26.6. The number of anilines is 3. The summed E-state index contributed by atoms with van der Waals surface area (Å²) in [7, 11) is 0. The summed E-state index contributed by atoms with van der Waals surface area (Å²) in [6, 6.07) is 24.1. The smallest absolute Gasteiger partial charge is 0.321 e. The first-order chi connectivity index (χ1) is 12.2. The zero-order chi connectivity index (χ0) is 17.6. The Balaban J connectivity index is 1.92. The maximum absolute atomic E-state index is 12.8. The number of carbonyl (C=O) groups excluding carboxylic acids is 2. The number of phenolic OH excluding ortho intramolecular Hbond substituents is 1. The van der Waals surface area contributed by atoms with Crippen molar-refractivity contribution in [2.45, 2.75) is 0 Å². The molecule has 0 aromatic heterocycles. The highest BCUT2D eigenvalue weighted by Crippen LogP contribution is 2.26. The second-order valence-electron chi connectivity index (χ2n) is 5.28. The number of hydrogen-bond acceptors (Lipinski definition) is 3. The van der Waals surface area contributed by atoms with E-state index >= 15 is 0 Å². The van der Waals surface area contributed by atoms with E-state index in [0.29, 0.717) is 11.4 Å². The number of carbonyl (C=O) groups is 2. The standard InChI is InChI=1S/C20H16N2O3/c23-18-14-8-7-13-17(18)21-19(24)20(25)22(15-9-3-1-4-10-15)16-11-5-2-6-12-16/h1-14,23H,(H,21,24). The molecule has 5 heteroatoms. The van der Waals surface area contributed by atoms with Crippen LogP contribution < -0.4 is 10.2 Å². The largest absolute Gasteiger partial charge is 0.506 e. The van der Waals surface area contributed by atoms with Gasteiger partial charge in [0.05, 0.1) is 5.69 Å². The Morgan fingerprint density at radius 1 is 0.720 bits per heavy atom. The second kappa shape index (κ2) is 7.31. The van der Waals surface area contributed by atoms with E-state index in [4.69, 9.17) is 0 Å². The Hall–Kier alpha value is -3.60. The number of nitrogens with zero attached hydrogens (tertiary/aromatic N) is 1. The van der Waals surface area contributed by atoms with Gasteiger partial charge in [0.2, 0.25) is 0 Å². The van der Waals surface area contributed by atoms with E-state index < -0.39 is 11.8 Å². The molecule has 0 heterocycles. The van der Waals surface area contributed by atoms with E-state index in [9.17, 15) is 14.7 Å². The molecule has 0 aliphatic rings. The number of hydrogen-bond donors (Lipinski definition) is 2. The summed E-state index contributed by atoms with van der Waals surface area (Å²) >= 11 is 0. The average Bonchev–Trinajstić information content (AvgIpc) is 2.65. The summed E-state index contributed by atoms with van der Waals surface area (Å²) < 4.78 is 0. The molecule has 0 aliphatic carbocycles. The van der Waals surface area contributed by atoms with Crippen LogP contribution in [0.15, 0.2) is 84.9 Å². The van der Waals surface area contributed by atoms with E-state index in [2.05, 4.69) is 5.32 Å². The van der Waals surface area contributed by atoms with Crippen molar-refractivity contribution in [3.63, 3.8) is 0 Å². The number of nitrogens with one attached hydrogen (secondary N) is 1. The van der Waals surface area contributed by atoms with Crippen molar-refractivity contribution in [2.75, 3.05) is 10.2 Å². The lowest BCUT2D eigenvalue weighted by molar-refractivity contribution is -0.134. The lowest BCUT2D eigenvalue weighted by Gasteiger charge is -2.22. The van der Waals surface area contributed by atoms with Gasteiger partial charge in [-0.1, -0.05) is 48.5 Å². The van der Waals surface area contributed by atoms with Gasteiger partial charge in [0.1, 0.15) is 5.75 Å². The molecule has 0 saturated carbocycles. The van der Waals surface area contributed by atoms with Gasteiger partial charge in [-0.25, -0.2) is 0 Å². The van der Waals surface area contributed by atoms with Crippen molar-refractivity contribution >= 4 is 28.9 Å². The Morgan fingerprint density at radius 2 is 1.20 bits per heavy atom. The van der Waals surface area contributed by atoms with E-state index in [1.165, 1.54) is 17.0 Å². The third-order valence-corrected chi connectivity index (χ3v) is 3.58. The minimum absolute atomic E-state index is 0.102. The van der Waals surface area contributed by atoms with Gasteiger partial charge in [0, 0.05) is 11.4 Å². The van der Waals surface area contributed by atoms with Crippen molar-refractivity contribution in [3.05, 3.63) is 84.9 Å². The minimum Gasteiger partial charge on any atom is -0.506 e. The molecule has 0 unspecified atom stereocenters. The van der Waals surface area contributed by atoms with Gasteiger partial charge in [0.25, 0.3) is 0 Å². The fourth-order valence-electron chi connectivity index (χ4n) is 2.39. The zero-order valence-electron chi connectivity index (χ0n) is 13.3. The molecular weight excluding hydrogens is 316 g/mol. The highest BCUT2D eigenvalue weighted by molar-refractivity contribution is 6.45. The van der Waals surface area contributed by atoms with Crippen LogP contribution in [0, 0.1) is 0 Å². The second-order valence-corrected chi connectivity index (χ2v) is 5.28. The maximum atomic E-state index is 12.8. The first kappa shape index (κ1) is 16.3. The molecule has 2 amide bonds. The van der Waals surface area contributed by atoms with Crippen LogP contribution in [-0.2, 0) is 9.59 Å². The van der Waals surface area contributed by atoms with Gasteiger partial charge in [-0.15, -0.1) is 0 Å². The van der Waals surface area contributed by atoms with Gasteiger partial charge in [-0.05, 0) is 36.4 Å². The Bertz CT molecular complexity index is 840. The van der Waals surface area contributed by atoms with E-state index in [0.717, 1.165) is 0 Å². The van der Waals surface area contributed by atoms with Crippen molar-refractivity contribution in [2.24, 2.45) is 0 Å². The Labute approximate surface area is 145 Å². The molecule has 25 heavy (non-hydrogen) atoms. The number of phenols is 1. The van der Waals surface area contributed by atoms with E-state index in [1.807, 2.05) is 12.1 Å². The van der Waals surface area contributed by atoms with Crippen LogP contribution in [0.4, 0.5) is 17.1 Å². The first-order valence-electron chi connectivity index (χ1n) is 7.70. The van der Waals surface area contributed by atoms with Crippen LogP contribution >= 0.6 is 0 Å². The molecule has 5 nitrogen and oxygen atoms in total. The van der Waals surface area contributed by atoms with Crippen molar-refractivity contribution in [1.82, 2.24) is 0 Å². The SMILES string of the molecule is O=C(Nc1ccccc1O)C(=O)N(c1ccccc1)c1ccccc1. The van der Waals surface area contributed by atoms with E-state index in [1.54, 1.807) is 60.7 Å². The van der Waals surface area contributed by atoms with Crippen molar-refractivity contribution in [1.29, 1.82) is 0 Å². The summed E-state index contributed by atoms with van der Waals surface area (Å²) in [5.41, 5.74) is 1.33. The van der Waals surface area contributed by atoms with Gasteiger partial charge in [0.15, 0.2) is 0 Å². The molecule has 3 aromatic carbocycles. The van der Waals surface area contributed by atoms with Crippen LogP contribution in [0.3, 0.4) is 0 Å². The molecule has 0 atom stereocenters. The monoisotopic (exact) mass is 332 g/mol. The molecule has 0 bridgehead atoms. The molecule has 0 radical (unpaired) electrons. The quantitative estimate of drug-likeness (QED) is 0.567. The molecule has 0 fully saturated rings. The highest BCUT2D eigenvalue weighted by Gasteiger charge is 2.25. The number of aromatic hydroxyl groups is 1. The summed E-state index contributed by atoms with van der Waals surface area (Å²) in [6.07, 6.45) is 0. The van der Waals surface area contributed by atoms with Gasteiger partial charge < -0.3 is 10.4 Å². The maximum Gasteiger partial charge on any atom is 0.321 e. The summed E-state index contributed by atoms with van der Waals surface area (Å²) in [6.45, 7) is 0. The van der Waals surface area contributed by atoms with Crippen LogP contribution in [-0.4, -0.2) is 16.9 Å². The predicted octanol–water partition coefficient (Wildman–Crippen LogP) is 3.70. The van der Waals surface area contributed by atoms with Gasteiger partial charge >= 0.3 is 11.8 Å². The van der Waals surface area contributed by atoms with Crippen LogP contribution in [0.2, 0.25) is 0 Å². The molecule has 124 valence electrons. The van der Waals surface area contributed by atoms with Crippen molar-refractivity contribution < 1.29 is 14.7 Å². The van der Waals surface area contributed by atoms with Gasteiger partial charge in [-0.3, -0.25) is 14.5 Å². The number of benzene rings is 3. The summed E-state index contributed by atoms with van der Waals surface area (Å²) in [5, 5.41) is 12.2. The fourth-order valence-corrected chi connectivity index (χ4v) is 2.39. The molecular formula is C20H16N2O3. The molecule has 0 spiro atoms. The van der Waals surface area contributed by atoms with Crippen LogP contribution in [0.5, 0.6) is 5.75 Å². The fraction of sp³-hybridized carbons (Fsp3) is 0. The molecule has 3 rings (SSSR count). The highest BCUT2D eigenvalue weighted by atomic mass is 16.3. The number of para-hydroxylation sites is 4. The van der Waals surface area contributed by atoms with Crippen LogP contribution in [0.1, 0.15) is 0 Å².